The van der Waals surface area contributed by atoms with Gasteiger partial charge < -0.3 is 5.32 Å². The Morgan fingerprint density at radius 1 is 1.50 bits per heavy atom. The van der Waals surface area contributed by atoms with Gasteiger partial charge in [-0.25, -0.2) is 0 Å². The molecule has 1 unspecified atom stereocenters. The van der Waals surface area contributed by atoms with Crippen LogP contribution in [0.5, 0.6) is 0 Å². The molecule has 2 heteroatoms. The normalized spacial score (nSPS) is 21.0. The molecule has 1 aliphatic rings. The van der Waals surface area contributed by atoms with Gasteiger partial charge in [-0.1, -0.05) is 13.3 Å². The molecule has 2 nitrogen and oxygen atoms in total. The van der Waals surface area contributed by atoms with E-state index in [9.17, 15) is 0 Å². The Balaban J connectivity index is 2.05. The van der Waals surface area contributed by atoms with Crippen molar-refractivity contribution >= 4 is 0 Å². The summed E-state index contributed by atoms with van der Waals surface area (Å²) >= 11 is 0. The van der Waals surface area contributed by atoms with Crippen molar-refractivity contribution in [1.82, 2.24) is 10.6 Å². The first-order chi connectivity index (χ1) is 4.86. The second-order valence-electron chi connectivity index (χ2n) is 3.07. The van der Waals surface area contributed by atoms with Crippen LogP contribution in [-0.2, 0) is 0 Å². The quantitative estimate of drug-likeness (QED) is 0.561. The van der Waals surface area contributed by atoms with Gasteiger partial charge in [0.2, 0.25) is 0 Å². The average molecular weight is 142 g/mol. The van der Waals surface area contributed by atoms with Crippen LogP contribution < -0.4 is 10.6 Å². The summed E-state index contributed by atoms with van der Waals surface area (Å²) in [5.74, 6) is 0. The van der Waals surface area contributed by atoms with E-state index in [1.54, 1.807) is 0 Å². The van der Waals surface area contributed by atoms with Gasteiger partial charge in [0.15, 0.2) is 0 Å². The van der Waals surface area contributed by atoms with Crippen LogP contribution in [0.25, 0.3) is 0 Å². The third kappa shape index (κ3) is 2.67. The Labute approximate surface area is 63.4 Å². The molecule has 2 N–H and O–H groups in total. The van der Waals surface area contributed by atoms with Crippen molar-refractivity contribution in [3.05, 3.63) is 0 Å². The molecule has 0 bridgehead atoms. The van der Waals surface area contributed by atoms with E-state index in [1.807, 2.05) is 7.05 Å². The third-order valence-corrected chi connectivity index (χ3v) is 1.94. The first-order valence-electron chi connectivity index (χ1n) is 4.30. The highest BCUT2D eigenvalue weighted by atomic mass is 15.1. The van der Waals surface area contributed by atoms with Crippen molar-refractivity contribution in [3.8, 4) is 0 Å². The summed E-state index contributed by atoms with van der Waals surface area (Å²) in [6.07, 6.45) is 5.81. The molecule has 0 aromatic carbocycles. The molecule has 0 aromatic heterocycles. The molecule has 1 atom stereocenters. The van der Waals surface area contributed by atoms with Gasteiger partial charge in [0.1, 0.15) is 0 Å². The number of hydrogen-bond acceptors (Lipinski definition) is 2. The molecular formula is C8H18N2. The summed E-state index contributed by atoms with van der Waals surface area (Å²) in [7, 11) is 2.02. The Morgan fingerprint density at radius 2 is 2.20 bits per heavy atom. The average Bonchev–Trinajstić information content (AvgIpc) is 2.71. The summed E-state index contributed by atoms with van der Waals surface area (Å²) in [4.78, 5) is 0. The Hall–Kier alpha value is -0.0800. The van der Waals surface area contributed by atoms with E-state index >= 15 is 0 Å². The van der Waals surface area contributed by atoms with E-state index in [4.69, 9.17) is 0 Å². The number of hydrogen-bond donors (Lipinski definition) is 2. The Bertz CT molecular complexity index is 89.3. The molecule has 0 heterocycles. The fourth-order valence-electron chi connectivity index (χ4n) is 1.13. The highest BCUT2D eigenvalue weighted by molar-refractivity contribution is 4.83. The van der Waals surface area contributed by atoms with Gasteiger partial charge in [-0.3, -0.25) is 5.32 Å². The van der Waals surface area contributed by atoms with Crippen LogP contribution in [0.1, 0.15) is 32.6 Å². The minimum atomic E-state index is 0.553. The predicted molar refractivity (Wildman–Crippen MR) is 43.9 cm³/mol. The van der Waals surface area contributed by atoms with E-state index in [0.29, 0.717) is 6.17 Å². The van der Waals surface area contributed by atoms with Gasteiger partial charge in [0.05, 0.1) is 6.17 Å². The van der Waals surface area contributed by atoms with Gasteiger partial charge in [-0.2, -0.15) is 0 Å². The van der Waals surface area contributed by atoms with Crippen LogP contribution in [0.15, 0.2) is 0 Å². The summed E-state index contributed by atoms with van der Waals surface area (Å²) in [6, 6.07) is 0.823. The van der Waals surface area contributed by atoms with E-state index in [0.717, 1.165) is 6.04 Å². The summed E-state index contributed by atoms with van der Waals surface area (Å²) in [5, 5.41) is 6.79. The lowest BCUT2D eigenvalue weighted by molar-refractivity contribution is 0.422. The largest absolute Gasteiger partial charge is 0.305 e. The fraction of sp³-hybridized carbons (Fsp3) is 1.00. The van der Waals surface area contributed by atoms with Crippen LogP contribution in [0.4, 0.5) is 0 Å². The zero-order chi connectivity index (χ0) is 7.40. The maximum absolute atomic E-state index is 3.53. The topological polar surface area (TPSA) is 24.1 Å². The minimum Gasteiger partial charge on any atom is -0.305 e. The van der Waals surface area contributed by atoms with E-state index < -0.39 is 0 Å². The van der Waals surface area contributed by atoms with E-state index in [-0.39, 0.29) is 0 Å². The molecule has 1 fully saturated rings. The zero-order valence-electron chi connectivity index (χ0n) is 6.98. The monoisotopic (exact) mass is 142 g/mol. The van der Waals surface area contributed by atoms with Crippen LogP contribution in [0.2, 0.25) is 0 Å². The molecule has 0 spiro atoms. The fourth-order valence-corrected chi connectivity index (χ4v) is 1.13. The highest BCUT2D eigenvalue weighted by Crippen LogP contribution is 2.19. The zero-order valence-corrected chi connectivity index (χ0v) is 6.98. The van der Waals surface area contributed by atoms with Crippen molar-refractivity contribution in [2.45, 2.75) is 44.8 Å². The van der Waals surface area contributed by atoms with Gasteiger partial charge in [-0.15, -0.1) is 0 Å². The molecule has 1 rings (SSSR count). The van der Waals surface area contributed by atoms with Crippen molar-refractivity contribution in [2.75, 3.05) is 7.05 Å². The van der Waals surface area contributed by atoms with Gasteiger partial charge in [0.25, 0.3) is 0 Å². The molecule has 0 saturated heterocycles. The summed E-state index contributed by atoms with van der Waals surface area (Å²) in [5.41, 5.74) is 0. The smallest absolute Gasteiger partial charge is 0.0571 e. The maximum atomic E-state index is 3.53. The lowest BCUT2D eigenvalue weighted by Crippen LogP contribution is -2.41. The minimum absolute atomic E-state index is 0.553. The van der Waals surface area contributed by atoms with Crippen LogP contribution >= 0.6 is 0 Å². The van der Waals surface area contributed by atoms with Crippen molar-refractivity contribution in [1.29, 1.82) is 0 Å². The lowest BCUT2D eigenvalue weighted by atomic mass is 10.3. The van der Waals surface area contributed by atoms with E-state index in [1.165, 1.54) is 25.7 Å². The van der Waals surface area contributed by atoms with Crippen LogP contribution in [0, 0.1) is 0 Å². The van der Waals surface area contributed by atoms with Crippen molar-refractivity contribution in [3.63, 3.8) is 0 Å². The Morgan fingerprint density at radius 3 is 2.60 bits per heavy atom. The SMILES string of the molecule is CCCC(NC)NC1CC1. The van der Waals surface area contributed by atoms with Crippen LogP contribution in [-0.4, -0.2) is 19.3 Å². The molecule has 0 aliphatic heterocycles. The predicted octanol–water partition coefficient (Wildman–Crippen LogP) is 1.08. The number of nitrogens with one attached hydrogen (secondary N) is 2. The van der Waals surface area contributed by atoms with Crippen molar-refractivity contribution < 1.29 is 0 Å². The molecule has 0 amide bonds. The van der Waals surface area contributed by atoms with Gasteiger partial charge >= 0.3 is 0 Å². The summed E-state index contributed by atoms with van der Waals surface area (Å²) in [6.45, 7) is 2.22. The second-order valence-corrected chi connectivity index (χ2v) is 3.07. The second kappa shape index (κ2) is 3.94. The van der Waals surface area contributed by atoms with Crippen molar-refractivity contribution in [2.24, 2.45) is 0 Å². The molecule has 0 aromatic rings. The molecule has 10 heavy (non-hydrogen) atoms. The highest BCUT2D eigenvalue weighted by Gasteiger charge is 2.22. The number of rotatable bonds is 5. The molecule has 60 valence electrons. The Kier molecular flexibility index (Phi) is 3.16. The standard InChI is InChI=1S/C8H18N2/c1-3-4-8(9-2)10-7-5-6-7/h7-10H,3-6H2,1-2H3. The maximum Gasteiger partial charge on any atom is 0.0571 e. The first-order valence-corrected chi connectivity index (χ1v) is 4.30. The van der Waals surface area contributed by atoms with Gasteiger partial charge in [0, 0.05) is 6.04 Å². The molecule has 1 saturated carbocycles. The van der Waals surface area contributed by atoms with Gasteiger partial charge in [-0.05, 0) is 26.3 Å². The molecular weight excluding hydrogens is 124 g/mol. The van der Waals surface area contributed by atoms with Crippen LogP contribution in [0.3, 0.4) is 0 Å². The lowest BCUT2D eigenvalue weighted by Gasteiger charge is -2.16. The molecule has 1 aliphatic carbocycles. The third-order valence-electron chi connectivity index (χ3n) is 1.94. The first kappa shape index (κ1) is 8.02. The van der Waals surface area contributed by atoms with E-state index in [2.05, 4.69) is 17.6 Å². The molecule has 0 radical (unpaired) electrons. The summed E-state index contributed by atoms with van der Waals surface area (Å²) < 4.78 is 0.